The second-order valence-electron chi connectivity index (χ2n) is 7.22. The highest BCUT2D eigenvalue weighted by Crippen LogP contribution is 2.44. The van der Waals surface area contributed by atoms with Crippen LogP contribution in [0.25, 0.3) is 0 Å². The number of hydrogen-bond donors (Lipinski definition) is 0. The van der Waals surface area contributed by atoms with Crippen molar-refractivity contribution in [1.82, 2.24) is 0 Å². The Morgan fingerprint density at radius 1 is 1.19 bits per heavy atom. The Bertz CT molecular complexity index is 812. The number of oxime groups is 1. The number of alkyl halides is 2. The summed E-state index contributed by atoms with van der Waals surface area (Å²) in [6.07, 6.45) is 0. The van der Waals surface area contributed by atoms with Gasteiger partial charge in [-0.05, 0) is 30.9 Å². The normalized spacial score (nSPS) is 24.9. The summed E-state index contributed by atoms with van der Waals surface area (Å²) in [5, 5.41) is 2.95. The van der Waals surface area contributed by atoms with Crippen LogP contribution in [0, 0.1) is 18.8 Å². The number of rotatable bonds is 4. The molecule has 0 amide bonds. The van der Waals surface area contributed by atoms with E-state index in [1.807, 2.05) is 20.8 Å². The minimum Gasteiger partial charge on any atom is -0.312 e. The van der Waals surface area contributed by atoms with Gasteiger partial charge in [-0.3, -0.25) is 4.79 Å². The van der Waals surface area contributed by atoms with E-state index in [0.29, 0.717) is 11.1 Å². The Morgan fingerprint density at radius 2 is 1.74 bits per heavy atom. The average molecular weight is 431 g/mol. The molecule has 1 aliphatic carbocycles. The number of carbonyl (C=O) groups is 2. The molecule has 1 aliphatic rings. The van der Waals surface area contributed by atoms with Crippen LogP contribution in [0.2, 0.25) is 0 Å². The first-order valence-electron chi connectivity index (χ1n) is 8.65. The van der Waals surface area contributed by atoms with Gasteiger partial charge in [0.15, 0.2) is 5.78 Å². The average Bonchev–Trinajstić information content (AvgIpc) is 2.59. The molecule has 0 N–H and O–H groups in total. The Hall–Kier alpha value is -1.36. The van der Waals surface area contributed by atoms with Crippen molar-refractivity contribution in [2.24, 2.45) is 17.0 Å². The van der Waals surface area contributed by atoms with Gasteiger partial charge in [-0.1, -0.05) is 62.1 Å². The highest BCUT2D eigenvalue weighted by Gasteiger charge is 2.54. The number of Topliss-reactive ketones (excluding diaryl/α,β-unsaturated/α-hetero) is 1. The Kier molecular flexibility index (Phi) is 6.77. The van der Waals surface area contributed by atoms with E-state index in [-0.39, 0.29) is 28.4 Å². The van der Waals surface area contributed by atoms with Crippen molar-refractivity contribution in [2.75, 3.05) is 0 Å². The van der Waals surface area contributed by atoms with E-state index in [1.165, 1.54) is 0 Å². The van der Waals surface area contributed by atoms with Gasteiger partial charge in [0, 0.05) is 5.57 Å². The molecule has 4 nitrogen and oxygen atoms in total. The predicted octanol–water partition coefficient (Wildman–Crippen LogP) is 5.48. The number of benzene rings is 1. The first-order valence-corrected chi connectivity index (χ1v) is 9.84. The molecule has 1 aromatic rings. The molecule has 0 fully saturated rings. The van der Waals surface area contributed by atoms with Crippen molar-refractivity contribution in [3.8, 4) is 0 Å². The smallest absolute Gasteiger partial charge is 0.312 e. The standard InChI is InChI=1S/C20H22Cl3NO3/c1-10(2)14-15(21)16(17(22)20(23,11(3)4)18(14)25)24-27-19(26)13-8-6-12(5)7-9-13/h6-11,17H,1-5H3/b24-16-. The highest BCUT2D eigenvalue weighted by molar-refractivity contribution is 6.59. The van der Waals surface area contributed by atoms with Gasteiger partial charge in [-0.25, -0.2) is 4.79 Å². The number of aryl methyl sites for hydroxylation is 1. The predicted molar refractivity (Wildman–Crippen MR) is 110 cm³/mol. The third-order valence-corrected chi connectivity index (χ3v) is 6.48. The molecule has 146 valence electrons. The quantitative estimate of drug-likeness (QED) is 0.361. The third-order valence-electron chi connectivity index (χ3n) is 4.59. The molecule has 0 aliphatic heterocycles. The summed E-state index contributed by atoms with van der Waals surface area (Å²) in [7, 11) is 0. The van der Waals surface area contributed by atoms with E-state index in [1.54, 1.807) is 38.1 Å². The summed E-state index contributed by atoms with van der Waals surface area (Å²) >= 11 is 19.6. The van der Waals surface area contributed by atoms with Gasteiger partial charge in [0.25, 0.3) is 0 Å². The van der Waals surface area contributed by atoms with E-state index in [2.05, 4.69) is 5.16 Å². The van der Waals surface area contributed by atoms with Crippen molar-refractivity contribution in [2.45, 2.75) is 44.9 Å². The number of carbonyl (C=O) groups excluding carboxylic acids is 2. The first-order chi connectivity index (χ1) is 12.5. The highest BCUT2D eigenvalue weighted by atomic mass is 35.5. The number of halogens is 3. The molecular formula is C20H22Cl3NO3. The van der Waals surface area contributed by atoms with E-state index < -0.39 is 16.2 Å². The van der Waals surface area contributed by atoms with Gasteiger partial charge < -0.3 is 4.84 Å². The van der Waals surface area contributed by atoms with Crippen LogP contribution in [0.5, 0.6) is 0 Å². The molecule has 0 spiro atoms. The Balaban J connectivity index is 2.46. The van der Waals surface area contributed by atoms with Gasteiger partial charge in [0.05, 0.1) is 10.6 Å². The molecule has 7 heteroatoms. The van der Waals surface area contributed by atoms with Crippen molar-refractivity contribution in [3.63, 3.8) is 0 Å². The van der Waals surface area contributed by atoms with E-state index >= 15 is 0 Å². The van der Waals surface area contributed by atoms with Crippen LogP contribution in [0.15, 0.2) is 40.0 Å². The molecule has 2 unspecified atom stereocenters. The van der Waals surface area contributed by atoms with Gasteiger partial charge >= 0.3 is 5.97 Å². The summed E-state index contributed by atoms with van der Waals surface area (Å²) in [5.41, 5.74) is 1.78. The minimum atomic E-state index is -1.42. The monoisotopic (exact) mass is 429 g/mol. The van der Waals surface area contributed by atoms with Crippen LogP contribution >= 0.6 is 34.8 Å². The van der Waals surface area contributed by atoms with Crippen LogP contribution < -0.4 is 0 Å². The first kappa shape index (κ1) is 21.9. The third kappa shape index (κ3) is 4.08. The molecule has 0 heterocycles. The molecular weight excluding hydrogens is 409 g/mol. The van der Waals surface area contributed by atoms with Gasteiger partial charge in [-0.15, -0.1) is 23.2 Å². The zero-order chi connectivity index (χ0) is 20.5. The maximum absolute atomic E-state index is 13.0. The topological polar surface area (TPSA) is 55.7 Å². The number of nitrogens with zero attached hydrogens (tertiary/aromatic N) is 1. The van der Waals surface area contributed by atoms with Crippen LogP contribution in [-0.4, -0.2) is 27.7 Å². The number of allylic oxidation sites excluding steroid dienone is 2. The van der Waals surface area contributed by atoms with Gasteiger partial charge in [0.1, 0.15) is 16.0 Å². The van der Waals surface area contributed by atoms with Crippen LogP contribution in [0.1, 0.15) is 43.6 Å². The van der Waals surface area contributed by atoms with Crippen molar-refractivity contribution < 1.29 is 14.4 Å². The fraction of sp³-hybridized carbons (Fsp3) is 0.450. The lowest BCUT2D eigenvalue weighted by Crippen LogP contribution is -2.54. The molecule has 2 atom stereocenters. The largest absolute Gasteiger partial charge is 0.365 e. The van der Waals surface area contributed by atoms with Crippen molar-refractivity contribution in [1.29, 1.82) is 0 Å². The molecule has 0 saturated heterocycles. The van der Waals surface area contributed by atoms with E-state index in [0.717, 1.165) is 5.56 Å². The molecule has 27 heavy (non-hydrogen) atoms. The van der Waals surface area contributed by atoms with Crippen LogP contribution in [0.3, 0.4) is 0 Å². The summed E-state index contributed by atoms with van der Waals surface area (Å²) in [4.78, 5) is 28.9. The maximum atomic E-state index is 13.0. The molecule has 1 aromatic carbocycles. The summed E-state index contributed by atoms with van der Waals surface area (Å²) in [6, 6.07) is 6.86. The molecule has 0 radical (unpaired) electrons. The van der Waals surface area contributed by atoms with Gasteiger partial charge in [-0.2, -0.15) is 0 Å². The lowest BCUT2D eigenvalue weighted by molar-refractivity contribution is -0.119. The lowest BCUT2D eigenvalue weighted by atomic mass is 9.75. The summed E-state index contributed by atoms with van der Waals surface area (Å²) in [6.45, 7) is 9.17. The zero-order valence-corrected chi connectivity index (χ0v) is 18.1. The molecule has 0 bridgehead atoms. The molecule has 0 aromatic heterocycles. The SMILES string of the molecule is Cc1ccc(C(=O)O/N=C2/C(Cl)=C(C(C)C)C(=O)C(Cl)(C(C)C)C2Cl)cc1. The Morgan fingerprint density at radius 3 is 2.22 bits per heavy atom. The summed E-state index contributed by atoms with van der Waals surface area (Å²) < 4.78 is 0. The number of ketones is 1. The number of hydrogen-bond acceptors (Lipinski definition) is 4. The van der Waals surface area contributed by atoms with Crippen LogP contribution in [0.4, 0.5) is 0 Å². The molecule has 0 saturated carbocycles. The second-order valence-corrected chi connectivity index (χ2v) is 8.66. The maximum Gasteiger partial charge on any atom is 0.365 e. The Labute approximate surface area is 174 Å². The van der Waals surface area contributed by atoms with E-state index in [4.69, 9.17) is 39.6 Å². The van der Waals surface area contributed by atoms with Crippen molar-refractivity contribution in [3.05, 3.63) is 46.0 Å². The fourth-order valence-corrected chi connectivity index (χ4v) is 4.07. The second kappa shape index (κ2) is 8.34. The zero-order valence-electron chi connectivity index (χ0n) is 15.8. The lowest BCUT2D eigenvalue weighted by Gasteiger charge is -2.39. The molecule has 2 rings (SSSR count). The van der Waals surface area contributed by atoms with Gasteiger partial charge in [0.2, 0.25) is 0 Å². The summed E-state index contributed by atoms with van der Waals surface area (Å²) in [5.74, 6) is -1.44. The van der Waals surface area contributed by atoms with Crippen molar-refractivity contribution >= 4 is 52.3 Å². The van der Waals surface area contributed by atoms with Crippen LogP contribution in [-0.2, 0) is 9.63 Å². The fourth-order valence-electron chi connectivity index (χ4n) is 2.86. The minimum absolute atomic E-state index is 0.0867. The van der Waals surface area contributed by atoms with E-state index in [9.17, 15) is 9.59 Å².